The summed E-state index contributed by atoms with van der Waals surface area (Å²) < 4.78 is 10.5. The molecule has 2 aromatic carbocycles. The second-order valence-electron chi connectivity index (χ2n) is 8.72. The highest BCUT2D eigenvalue weighted by Crippen LogP contribution is 2.38. The quantitative estimate of drug-likeness (QED) is 0.583. The number of piperidine rings is 1. The largest absolute Gasteiger partial charge is 0.450 e. The van der Waals surface area contributed by atoms with Gasteiger partial charge in [0, 0.05) is 53.5 Å². The van der Waals surface area contributed by atoms with Crippen LogP contribution in [-0.4, -0.2) is 47.5 Å². The molecule has 1 fully saturated rings. The van der Waals surface area contributed by atoms with Gasteiger partial charge in [0.05, 0.1) is 6.61 Å². The van der Waals surface area contributed by atoms with Crippen LogP contribution in [0.1, 0.15) is 47.4 Å². The number of nitrogens with one attached hydrogen (secondary N) is 1. The molecular weight excluding hydrogens is 434 g/mol. The van der Waals surface area contributed by atoms with Crippen LogP contribution in [0, 0.1) is 6.92 Å². The van der Waals surface area contributed by atoms with E-state index in [4.69, 9.17) is 9.15 Å². The number of ether oxygens (including phenoxy) is 1. The molecule has 1 saturated heterocycles. The first kappa shape index (κ1) is 22.0. The van der Waals surface area contributed by atoms with E-state index < -0.39 is 5.63 Å². The van der Waals surface area contributed by atoms with Gasteiger partial charge in [0.2, 0.25) is 0 Å². The van der Waals surface area contributed by atoms with Gasteiger partial charge < -0.3 is 24.3 Å². The van der Waals surface area contributed by atoms with Crippen molar-refractivity contribution in [1.29, 1.82) is 0 Å². The van der Waals surface area contributed by atoms with Gasteiger partial charge in [-0.15, -0.1) is 0 Å². The molecule has 1 N–H and O–H groups in total. The molecule has 0 bridgehead atoms. The number of aryl methyl sites for hydroxylation is 1. The summed E-state index contributed by atoms with van der Waals surface area (Å²) in [5.41, 5.74) is 3.31. The molecule has 5 rings (SSSR count). The monoisotopic (exact) mass is 461 g/mol. The zero-order valence-electron chi connectivity index (χ0n) is 19.2. The van der Waals surface area contributed by atoms with Gasteiger partial charge in [-0.1, -0.05) is 18.2 Å². The third-order valence-corrected chi connectivity index (χ3v) is 6.64. The Balaban J connectivity index is 1.43. The fourth-order valence-electron chi connectivity index (χ4n) is 4.97. The maximum absolute atomic E-state index is 13.4. The topological polar surface area (TPSA) is 92.1 Å². The van der Waals surface area contributed by atoms with Crippen molar-refractivity contribution >= 4 is 28.7 Å². The lowest BCUT2D eigenvalue weighted by Gasteiger charge is -2.39. The molecule has 1 atom stereocenters. The van der Waals surface area contributed by atoms with E-state index >= 15 is 0 Å². The van der Waals surface area contributed by atoms with E-state index in [1.54, 1.807) is 17.9 Å². The van der Waals surface area contributed by atoms with Gasteiger partial charge in [-0.25, -0.2) is 9.59 Å². The van der Waals surface area contributed by atoms with E-state index in [9.17, 15) is 14.4 Å². The molecular formula is C26H27N3O5. The molecule has 2 amide bonds. The Labute approximate surface area is 197 Å². The Morgan fingerprint density at radius 2 is 1.88 bits per heavy atom. The summed E-state index contributed by atoms with van der Waals surface area (Å²) >= 11 is 0. The number of rotatable bonds is 4. The maximum atomic E-state index is 13.4. The average Bonchev–Trinajstić information content (AvgIpc) is 3.10. The van der Waals surface area contributed by atoms with Gasteiger partial charge in [0.25, 0.3) is 5.91 Å². The average molecular weight is 462 g/mol. The van der Waals surface area contributed by atoms with Crippen LogP contribution in [0.3, 0.4) is 0 Å². The molecule has 3 heterocycles. The molecule has 0 unspecified atom stereocenters. The lowest BCUT2D eigenvalue weighted by atomic mass is 10.0. The minimum absolute atomic E-state index is 0.0224. The molecule has 3 aromatic rings. The van der Waals surface area contributed by atoms with Crippen molar-refractivity contribution in [1.82, 2.24) is 9.80 Å². The number of carbonyl (C=O) groups excluding carboxylic acids is 2. The van der Waals surface area contributed by atoms with Crippen molar-refractivity contribution in [3.05, 3.63) is 75.6 Å². The highest BCUT2D eigenvalue weighted by molar-refractivity contribution is 6.00. The van der Waals surface area contributed by atoms with Gasteiger partial charge in [0.15, 0.2) is 0 Å². The standard InChI is InChI=1S/C26H27N3O5/c1-3-33-26(32)28-12-10-18(11-13-28)29-24(20-6-4-5-7-21(20)25(29)31)27-17-8-9-19-16(2)14-23(30)34-22(19)15-17/h4-9,14-15,18,24,27H,3,10-13H2,1-2H3/t24-/m0/s1. The molecule has 0 spiro atoms. The molecule has 1 aromatic heterocycles. The van der Waals surface area contributed by atoms with Crippen LogP contribution < -0.4 is 10.9 Å². The lowest BCUT2D eigenvalue weighted by Crippen LogP contribution is -2.49. The maximum Gasteiger partial charge on any atom is 0.409 e. The lowest BCUT2D eigenvalue weighted by molar-refractivity contribution is 0.0496. The molecule has 34 heavy (non-hydrogen) atoms. The Hall–Kier alpha value is -3.81. The Morgan fingerprint density at radius 1 is 1.12 bits per heavy atom. The number of benzene rings is 2. The molecule has 8 nitrogen and oxygen atoms in total. The molecule has 0 aliphatic carbocycles. The zero-order chi connectivity index (χ0) is 23.8. The number of fused-ring (bicyclic) bond motifs is 2. The summed E-state index contributed by atoms with van der Waals surface area (Å²) in [5, 5.41) is 4.37. The second-order valence-corrected chi connectivity index (χ2v) is 8.72. The van der Waals surface area contributed by atoms with E-state index in [2.05, 4.69) is 5.32 Å². The number of likely N-dealkylation sites (tertiary alicyclic amines) is 1. The molecule has 0 radical (unpaired) electrons. The summed E-state index contributed by atoms with van der Waals surface area (Å²) in [6.07, 6.45) is 0.668. The van der Waals surface area contributed by atoms with Crippen molar-refractivity contribution < 1.29 is 18.7 Å². The van der Waals surface area contributed by atoms with Crippen molar-refractivity contribution in [2.24, 2.45) is 0 Å². The van der Waals surface area contributed by atoms with Crippen LogP contribution in [0.2, 0.25) is 0 Å². The summed E-state index contributed by atoms with van der Waals surface area (Å²) in [5.74, 6) is -0.0224. The fraction of sp³-hybridized carbons (Fsp3) is 0.346. The molecule has 176 valence electrons. The number of nitrogens with zero attached hydrogens (tertiary/aromatic N) is 2. The minimum atomic E-state index is -0.390. The van der Waals surface area contributed by atoms with Crippen LogP contribution >= 0.6 is 0 Å². The summed E-state index contributed by atoms with van der Waals surface area (Å²) in [6, 6.07) is 14.7. The first-order valence-electron chi connectivity index (χ1n) is 11.6. The second kappa shape index (κ2) is 8.85. The Morgan fingerprint density at radius 3 is 2.65 bits per heavy atom. The number of anilines is 1. The summed E-state index contributed by atoms with van der Waals surface area (Å²) in [4.78, 5) is 41.0. The molecule has 2 aliphatic heterocycles. The summed E-state index contributed by atoms with van der Waals surface area (Å²) in [7, 11) is 0. The normalized spacial score (nSPS) is 18.3. The Kier molecular flexibility index (Phi) is 5.73. The van der Waals surface area contributed by atoms with Crippen LogP contribution in [0.25, 0.3) is 11.0 Å². The van der Waals surface area contributed by atoms with Crippen LogP contribution in [0.4, 0.5) is 10.5 Å². The van der Waals surface area contributed by atoms with Gasteiger partial charge in [-0.3, -0.25) is 4.79 Å². The predicted molar refractivity (Wildman–Crippen MR) is 128 cm³/mol. The number of amides is 2. The van der Waals surface area contributed by atoms with E-state index in [0.717, 1.165) is 22.2 Å². The molecule has 2 aliphatic rings. The highest BCUT2D eigenvalue weighted by Gasteiger charge is 2.42. The van der Waals surface area contributed by atoms with Crippen LogP contribution in [0.15, 0.2) is 57.7 Å². The zero-order valence-corrected chi connectivity index (χ0v) is 19.2. The number of hydrogen-bond acceptors (Lipinski definition) is 6. The third-order valence-electron chi connectivity index (χ3n) is 6.64. The SMILES string of the molecule is CCOC(=O)N1CCC(N2C(=O)c3ccccc3[C@H]2Nc2ccc3c(C)cc(=O)oc3c2)CC1. The van der Waals surface area contributed by atoms with E-state index in [-0.39, 0.29) is 24.2 Å². The Bertz CT molecular complexity index is 1310. The molecule has 8 heteroatoms. The van der Waals surface area contributed by atoms with Crippen molar-refractivity contribution in [2.75, 3.05) is 25.0 Å². The number of carbonyl (C=O) groups is 2. The third kappa shape index (κ3) is 3.89. The van der Waals surface area contributed by atoms with Gasteiger partial charge in [0.1, 0.15) is 11.7 Å². The predicted octanol–water partition coefficient (Wildman–Crippen LogP) is 4.29. The van der Waals surface area contributed by atoms with E-state index in [0.29, 0.717) is 43.7 Å². The first-order valence-corrected chi connectivity index (χ1v) is 11.6. The van der Waals surface area contributed by atoms with Crippen LogP contribution in [0.5, 0.6) is 0 Å². The molecule has 0 saturated carbocycles. The van der Waals surface area contributed by atoms with E-state index in [1.165, 1.54) is 6.07 Å². The van der Waals surface area contributed by atoms with Gasteiger partial charge in [-0.05, 0) is 50.5 Å². The van der Waals surface area contributed by atoms with Crippen molar-refractivity contribution in [3.63, 3.8) is 0 Å². The minimum Gasteiger partial charge on any atom is -0.450 e. The smallest absolute Gasteiger partial charge is 0.409 e. The van der Waals surface area contributed by atoms with Crippen LogP contribution in [-0.2, 0) is 4.74 Å². The van der Waals surface area contributed by atoms with E-state index in [1.807, 2.05) is 48.2 Å². The van der Waals surface area contributed by atoms with Gasteiger partial charge in [-0.2, -0.15) is 0 Å². The highest BCUT2D eigenvalue weighted by atomic mass is 16.6. The first-order chi connectivity index (χ1) is 16.5. The fourth-order valence-corrected chi connectivity index (χ4v) is 4.97. The van der Waals surface area contributed by atoms with Crippen molar-refractivity contribution in [2.45, 2.75) is 38.9 Å². The van der Waals surface area contributed by atoms with Gasteiger partial charge >= 0.3 is 11.7 Å². The van der Waals surface area contributed by atoms with Crippen molar-refractivity contribution in [3.8, 4) is 0 Å². The number of hydrogen-bond donors (Lipinski definition) is 1. The summed E-state index contributed by atoms with van der Waals surface area (Å²) in [6.45, 7) is 5.09.